The Hall–Kier alpha value is -1.85. The summed E-state index contributed by atoms with van der Waals surface area (Å²) in [4.78, 5) is 16.5. The Bertz CT molecular complexity index is 825. The lowest BCUT2D eigenvalue weighted by Crippen LogP contribution is -2.14. The average molecular weight is 342 g/mol. The second kappa shape index (κ2) is 7.15. The monoisotopic (exact) mass is 342 g/mol. The molecule has 3 aromatic rings. The number of carbonyl (C=O) groups excluding carboxylic acids is 1. The number of aromatic nitrogens is 1. The highest BCUT2D eigenvalue weighted by molar-refractivity contribution is 7.99. The molecule has 1 N–H and O–H groups in total. The number of anilines is 1. The van der Waals surface area contributed by atoms with E-state index in [9.17, 15) is 4.79 Å². The fraction of sp³-hybridized carbons (Fsp3) is 0.222. The number of hydrogen-bond acceptors (Lipinski definition) is 4. The van der Waals surface area contributed by atoms with Crippen molar-refractivity contribution in [2.24, 2.45) is 0 Å². The summed E-state index contributed by atoms with van der Waals surface area (Å²) in [6.07, 6.45) is 0. The second-order valence-electron chi connectivity index (χ2n) is 5.44. The fourth-order valence-corrected chi connectivity index (χ4v) is 3.91. The highest BCUT2D eigenvalue weighted by Crippen LogP contribution is 2.25. The van der Waals surface area contributed by atoms with Gasteiger partial charge >= 0.3 is 0 Å². The number of thioether (sulfide) groups is 1. The van der Waals surface area contributed by atoms with Crippen LogP contribution in [0.1, 0.15) is 16.1 Å². The van der Waals surface area contributed by atoms with Crippen molar-refractivity contribution in [1.29, 1.82) is 0 Å². The molecule has 0 radical (unpaired) electrons. The van der Waals surface area contributed by atoms with E-state index < -0.39 is 0 Å². The molecule has 0 bridgehead atoms. The van der Waals surface area contributed by atoms with Crippen LogP contribution in [0.25, 0.3) is 10.2 Å². The van der Waals surface area contributed by atoms with Crippen LogP contribution in [0.5, 0.6) is 0 Å². The molecule has 0 spiro atoms. The molecular weight excluding hydrogens is 324 g/mol. The first-order valence-electron chi connectivity index (χ1n) is 7.40. The molecule has 1 aromatic heterocycles. The van der Waals surface area contributed by atoms with Gasteiger partial charge in [-0.3, -0.25) is 4.79 Å². The smallest absolute Gasteiger partial charge is 0.234 e. The van der Waals surface area contributed by atoms with Gasteiger partial charge in [0.25, 0.3) is 0 Å². The SMILES string of the molecule is Cc1ccc(CSCC(=O)Nc2ccc3nc(C)sc3c2)cc1. The normalized spacial score (nSPS) is 10.9. The number of benzene rings is 2. The van der Waals surface area contributed by atoms with E-state index in [-0.39, 0.29) is 5.91 Å². The number of fused-ring (bicyclic) bond motifs is 1. The van der Waals surface area contributed by atoms with E-state index in [2.05, 4.69) is 41.5 Å². The third-order valence-corrected chi connectivity index (χ3v) is 5.34. The Balaban J connectivity index is 1.52. The molecular formula is C18H18N2OS2. The van der Waals surface area contributed by atoms with Crippen molar-refractivity contribution in [3.05, 3.63) is 58.6 Å². The zero-order chi connectivity index (χ0) is 16.2. The second-order valence-corrected chi connectivity index (χ2v) is 7.66. The number of nitrogens with one attached hydrogen (secondary N) is 1. The van der Waals surface area contributed by atoms with E-state index in [1.54, 1.807) is 23.1 Å². The summed E-state index contributed by atoms with van der Waals surface area (Å²) in [7, 11) is 0. The molecule has 0 aliphatic carbocycles. The maximum absolute atomic E-state index is 12.1. The number of aryl methyl sites for hydroxylation is 2. The molecule has 0 saturated carbocycles. The first-order chi connectivity index (χ1) is 11.1. The topological polar surface area (TPSA) is 42.0 Å². The van der Waals surface area contributed by atoms with Gasteiger partial charge in [0, 0.05) is 11.4 Å². The molecule has 23 heavy (non-hydrogen) atoms. The number of rotatable bonds is 5. The minimum atomic E-state index is 0.0303. The lowest BCUT2D eigenvalue weighted by Gasteiger charge is -2.05. The zero-order valence-electron chi connectivity index (χ0n) is 13.1. The maximum atomic E-state index is 12.1. The van der Waals surface area contributed by atoms with Crippen molar-refractivity contribution in [2.45, 2.75) is 19.6 Å². The predicted molar refractivity (Wildman–Crippen MR) is 100 cm³/mol. The summed E-state index contributed by atoms with van der Waals surface area (Å²) in [5.41, 5.74) is 4.32. The first-order valence-corrected chi connectivity index (χ1v) is 9.37. The van der Waals surface area contributed by atoms with Crippen LogP contribution in [0.15, 0.2) is 42.5 Å². The van der Waals surface area contributed by atoms with Crippen LogP contribution in [0.2, 0.25) is 0 Å². The van der Waals surface area contributed by atoms with Gasteiger partial charge in [0.2, 0.25) is 5.91 Å². The highest BCUT2D eigenvalue weighted by atomic mass is 32.2. The average Bonchev–Trinajstić information content (AvgIpc) is 2.88. The van der Waals surface area contributed by atoms with E-state index in [4.69, 9.17) is 0 Å². The van der Waals surface area contributed by atoms with Crippen LogP contribution < -0.4 is 5.32 Å². The van der Waals surface area contributed by atoms with Crippen LogP contribution in [-0.2, 0) is 10.5 Å². The summed E-state index contributed by atoms with van der Waals surface area (Å²) >= 11 is 3.27. The lowest BCUT2D eigenvalue weighted by molar-refractivity contribution is -0.113. The number of thiazole rings is 1. The molecule has 5 heteroatoms. The maximum Gasteiger partial charge on any atom is 0.234 e. The minimum Gasteiger partial charge on any atom is -0.325 e. The molecule has 0 aliphatic rings. The molecule has 2 aromatic carbocycles. The molecule has 0 fully saturated rings. The molecule has 0 saturated heterocycles. The third-order valence-electron chi connectivity index (χ3n) is 3.40. The van der Waals surface area contributed by atoms with Crippen molar-refractivity contribution in [1.82, 2.24) is 4.98 Å². The van der Waals surface area contributed by atoms with Crippen LogP contribution >= 0.6 is 23.1 Å². The van der Waals surface area contributed by atoms with Crippen molar-refractivity contribution in [3.8, 4) is 0 Å². The Morgan fingerprint density at radius 1 is 1.17 bits per heavy atom. The molecule has 0 aliphatic heterocycles. The van der Waals surface area contributed by atoms with Gasteiger partial charge in [-0.25, -0.2) is 4.98 Å². The predicted octanol–water partition coefficient (Wildman–Crippen LogP) is 4.79. The largest absolute Gasteiger partial charge is 0.325 e. The van der Waals surface area contributed by atoms with E-state index in [0.29, 0.717) is 5.75 Å². The molecule has 1 amide bonds. The number of carbonyl (C=O) groups is 1. The van der Waals surface area contributed by atoms with Crippen molar-refractivity contribution < 1.29 is 4.79 Å². The Kier molecular flexibility index (Phi) is 4.98. The van der Waals surface area contributed by atoms with Crippen LogP contribution in [0.3, 0.4) is 0 Å². The molecule has 0 atom stereocenters. The zero-order valence-corrected chi connectivity index (χ0v) is 14.8. The van der Waals surface area contributed by atoms with Crippen molar-refractivity contribution in [2.75, 3.05) is 11.1 Å². The van der Waals surface area contributed by atoms with E-state index in [0.717, 1.165) is 26.7 Å². The van der Waals surface area contributed by atoms with Gasteiger partial charge in [0.15, 0.2) is 0 Å². The Labute approximate surface area is 144 Å². The van der Waals surface area contributed by atoms with Crippen LogP contribution in [-0.4, -0.2) is 16.6 Å². The summed E-state index contributed by atoms with van der Waals surface area (Å²) < 4.78 is 1.10. The third kappa shape index (κ3) is 4.33. The van der Waals surface area contributed by atoms with Gasteiger partial charge in [-0.2, -0.15) is 0 Å². The van der Waals surface area contributed by atoms with Crippen molar-refractivity contribution in [3.63, 3.8) is 0 Å². The van der Waals surface area contributed by atoms with Gasteiger partial charge in [-0.05, 0) is 37.6 Å². The van der Waals surface area contributed by atoms with Gasteiger partial charge in [0.1, 0.15) is 0 Å². The van der Waals surface area contributed by atoms with Gasteiger partial charge in [-0.1, -0.05) is 29.8 Å². The van der Waals surface area contributed by atoms with Gasteiger partial charge in [0.05, 0.1) is 21.0 Å². The van der Waals surface area contributed by atoms with Crippen LogP contribution in [0, 0.1) is 13.8 Å². The van der Waals surface area contributed by atoms with E-state index in [1.807, 2.05) is 25.1 Å². The number of amides is 1. The first kappa shape index (κ1) is 16.0. The quantitative estimate of drug-likeness (QED) is 0.725. The van der Waals surface area contributed by atoms with Gasteiger partial charge in [-0.15, -0.1) is 23.1 Å². The summed E-state index contributed by atoms with van der Waals surface area (Å²) in [5, 5.41) is 4.00. The molecule has 1 heterocycles. The summed E-state index contributed by atoms with van der Waals surface area (Å²) in [6, 6.07) is 14.3. The molecule has 0 unspecified atom stereocenters. The minimum absolute atomic E-state index is 0.0303. The lowest BCUT2D eigenvalue weighted by atomic mass is 10.2. The van der Waals surface area contributed by atoms with E-state index in [1.165, 1.54) is 11.1 Å². The van der Waals surface area contributed by atoms with E-state index >= 15 is 0 Å². The number of nitrogens with zero attached hydrogens (tertiary/aromatic N) is 1. The standard InChI is InChI=1S/C18H18N2OS2/c1-12-3-5-14(6-4-12)10-22-11-18(21)20-15-7-8-16-17(9-15)23-13(2)19-16/h3-9H,10-11H2,1-2H3,(H,20,21). The molecule has 3 rings (SSSR count). The summed E-state index contributed by atoms with van der Waals surface area (Å²) in [5.74, 6) is 1.33. The van der Waals surface area contributed by atoms with Crippen LogP contribution in [0.4, 0.5) is 5.69 Å². The van der Waals surface area contributed by atoms with Gasteiger partial charge < -0.3 is 5.32 Å². The fourth-order valence-electron chi connectivity index (χ4n) is 2.26. The number of hydrogen-bond donors (Lipinski definition) is 1. The highest BCUT2D eigenvalue weighted by Gasteiger charge is 2.06. The van der Waals surface area contributed by atoms with Crippen molar-refractivity contribution >= 4 is 44.9 Å². The summed E-state index contributed by atoms with van der Waals surface area (Å²) in [6.45, 7) is 4.07. The Morgan fingerprint density at radius 2 is 1.96 bits per heavy atom. The molecule has 118 valence electrons. The Morgan fingerprint density at radius 3 is 2.74 bits per heavy atom. The molecule has 3 nitrogen and oxygen atoms in total.